The third kappa shape index (κ3) is 2.45. The zero-order chi connectivity index (χ0) is 13.3. The Hall–Kier alpha value is -1.63. The van der Waals surface area contributed by atoms with Crippen LogP contribution >= 0.6 is 0 Å². The SMILES string of the molecule is Cc1ccc(C)c(-c2ccc(C(C)C)c[n+]2C)c1. The Labute approximate surface area is 110 Å². The van der Waals surface area contributed by atoms with Crippen molar-refractivity contribution in [3.8, 4) is 11.3 Å². The molecule has 94 valence electrons. The predicted molar refractivity (Wildman–Crippen MR) is 76.6 cm³/mol. The van der Waals surface area contributed by atoms with Gasteiger partial charge in [0.1, 0.15) is 7.05 Å². The van der Waals surface area contributed by atoms with E-state index in [0.717, 1.165) is 0 Å². The highest BCUT2D eigenvalue weighted by Crippen LogP contribution is 2.23. The molecule has 0 saturated heterocycles. The van der Waals surface area contributed by atoms with Gasteiger partial charge in [-0.1, -0.05) is 31.5 Å². The van der Waals surface area contributed by atoms with E-state index in [9.17, 15) is 0 Å². The molecule has 1 nitrogen and oxygen atoms in total. The van der Waals surface area contributed by atoms with E-state index in [2.05, 4.69) is 75.8 Å². The zero-order valence-electron chi connectivity index (χ0n) is 12.0. The van der Waals surface area contributed by atoms with E-state index in [1.54, 1.807) is 0 Å². The highest BCUT2D eigenvalue weighted by molar-refractivity contribution is 5.62. The van der Waals surface area contributed by atoms with Crippen LogP contribution in [0.1, 0.15) is 36.5 Å². The van der Waals surface area contributed by atoms with Gasteiger partial charge in [0, 0.05) is 17.2 Å². The zero-order valence-corrected chi connectivity index (χ0v) is 12.0. The smallest absolute Gasteiger partial charge is 0.201 e. The van der Waals surface area contributed by atoms with Crippen LogP contribution in [0.3, 0.4) is 0 Å². The molecule has 2 rings (SSSR count). The molecule has 18 heavy (non-hydrogen) atoms. The average Bonchev–Trinajstić information content (AvgIpc) is 2.32. The highest BCUT2D eigenvalue weighted by Gasteiger charge is 2.14. The van der Waals surface area contributed by atoms with Crippen LogP contribution in [0.25, 0.3) is 11.3 Å². The molecule has 0 bridgehead atoms. The van der Waals surface area contributed by atoms with Gasteiger partial charge in [-0.25, -0.2) is 4.57 Å². The van der Waals surface area contributed by atoms with E-state index in [1.165, 1.54) is 27.9 Å². The lowest BCUT2D eigenvalue weighted by atomic mass is 10.00. The van der Waals surface area contributed by atoms with Gasteiger partial charge in [-0.3, -0.25) is 0 Å². The molecule has 1 heteroatoms. The first-order chi connectivity index (χ1) is 8.49. The lowest BCUT2D eigenvalue weighted by Crippen LogP contribution is -2.31. The van der Waals surface area contributed by atoms with Gasteiger partial charge in [0.05, 0.1) is 0 Å². The molecule has 1 aromatic heterocycles. The Morgan fingerprint density at radius 3 is 2.33 bits per heavy atom. The molecule has 0 spiro atoms. The summed E-state index contributed by atoms with van der Waals surface area (Å²) < 4.78 is 2.23. The molecular weight excluding hydrogens is 218 g/mol. The Balaban J connectivity index is 2.54. The van der Waals surface area contributed by atoms with Crippen LogP contribution in [-0.4, -0.2) is 0 Å². The largest absolute Gasteiger partial charge is 0.212 e. The number of rotatable bonds is 2. The van der Waals surface area contributed by atoms with Crippen LogP contribution in [-0.2, 0) is 7.05 Å². The van der Waals surface area contributed by atoms with Crippen molar-refractivity contribution in [3.63, 3.8) is 0 Å². The van der Waals surface area contributed by atoms with Gasteiger partial charge in [0.2, 0.25) is 5.69 Å². The molecule has 1 heterocycles. The fourth-order valence-corrected chi connectivity index (χ4v) is 2.26. The van der Waals surface area contributed by atoms with Crippen LogP contribution in [0.2, 0.25) is 0 Å². The van der Waals surface area contributed by atoms with Gasteiger partial charge in [-0.15, -0.1) is 0 Å². The van der Waals surface area contributed by atoms with E-state index in [0.29, 0.717) is 5.92 Å². The van der Waals surface area contributed by atoms with E-state index in [4.69, 9.17) is 0 Å². The summed E-state index contributed by atoms with van der Waals surface area (Å²) in [6.45, 7) is 8.77. The first-order valence-corrected chi connectivity index (χ1v) is 6.56. The number of pyridine rings is 1. The van der Waals surface area contributed by atoms with Crippen molar-refractivity contribution in [2.24, 2.45) is 7.05 Å². The summed E-state index contributed by atoms with van der Waals surface area (Å²) >= 11 is 0. The number of benzene rings is 1. The van der Waals surface area contributed by atoms with Crippen molar-refractivity contribution in [2.45, 2.75) is 33.6 Å². The summed E-state index contributed by atoms with van der Waals surface area (Å²) in [5, 5.41) is 0. The standard InChI is InChI=1S/C17H22N/c1-12(2)15-8-9-17(18(5)11-15)16-10-13(3)6-7-14(16)4/h6-12H,1-5H3/q+1. The van der Waals surface area contributed by atoms with Gasteiger partial charge in [-0.2, -0.15) is 0 Å². The third-order valence-corrected chi connectivity index (χ3v) is 3.49. The van der Waals surface area contributed by atoms with Crippen molar-refractivity contribution in [3.05, 3.63) is 53.2 Å². The minimum Gasteiger partial charge on any atom is -0.201 e. The van der Waals surface area contributed by atoms with Gasteiger partial charge in [-0.05, 0) is 37.5 Å². The fourth-order valence-electron chi connectivity index (χ4n) is 2.26. The van der Waals surface area contributed by atoms with Crippen LogP contribution in [0.5, 0.6) is 0 Å². The van der Waals surface area contributed by atoms with E-state index in [-0.39, 0.29) is 0 Å². The highest BCUT2D eigenvalue weighted by atomic mass is 14.9. The second kappa shape index (κ2) is 4.93. The first kappa shape index (κ1) is 12.8. The van der Waals surface area contributed by atoms with Crippen LogP contribution in [0, 0.1) is 13.8 Å². The summed E-state index contributed by atoms with van der Waals surface area (Å²) in [4.78, 5) is 0. The van der Waals surface area contributed by atoms with Gasteiger partial charge in [0.15, 0.2) is 6.20 Å². The maximum absolute atomic E-state index is 2.26. The van der Waals surface area contributed by atoms with Crippen molar-refractivity contribution in [2.75, 3.05) is 0 Å². The molecule has 0 radical (unpaired) electrons. The second-order valence-corrected chi connectivity index (χ2v) is 5.43. The molecule has 0 N–H and O–H groups in total. The van der Waals surface area contributed by atoms with Crippen molar-refractivity contribution in [1.29, 1.82) is 0 Å². The second-order valence-electron chi connectivity index (χ2n) is 5.43. The molecule has 0 saturated carbocycles. The Morgan fingerprint density at radius 1 is 1.00 bits per heavy atom. The van der Waals surface area contributed by atoms with Crippen molar-refractivity contribution < 1.29 is 4.57 Å². The topological polar surface area (TPSA) is 3.88 Å². The number of aromatic nitrogens is 1. The average molecular weight is 240 g/mol. The number of nitrogens with zero attached hydrogens (tertiary/aromatic N) is 1. The summed E-state index contributed by atoms with van der Waals surface area (Å²) in [5.41, 5.74) is 6.62. The summed E-state index contributed by atoms with van der Waals surface area (Å²) in [6.07, 6.45) is 2.24. The van der Waals surface area contributed by atoms with Crippen molar-refractivity contribution in [1.82, 2.24) is 0 Å². The molecule has 0 aliphatic rings. The molecular formula is C17H22N+. The normalized spacial score (nSPS) is 11.0. The van der Waals surface area contributed by atoms with E-state index >= 15 is 0 Å². The minimum absolute atomic E-state index is 0.573. The molecule has 2 aromatic rings. The van der Waals surface area contributed by atoms with E-state index in [1.807, 2.05) is 0 Å². The van der Waals surface area contributed by atoms with Gasteiger partial charge in [0.25, 0.3) is 0 Å². The maximum atomic E-state index is 2.26. The summed E-state index contributed by atoms with van der Waals surface area (Å²) in [5.74, 6) is 0.573. The predicted octanol–water partition coefficient (Wildman–Crippen LogP) is 3.92. The quantitative estimate of drug-likeness (QED) is 0.701. The molecule has 0 amide bonds. The molecule has 1 aromatic carbocycles. The number of hydrogen-bond donors (Lipinski definition) is 0. The fraction of sp³-hybridized carbons (Fsp3) is 0.353. The van der Waals surface area contributed by atoms with Crippen LogP contribution in [0.15, 0.2) is 36.5 Å². The number of hydrogen-bond acceptors (Lipinski definition) is 0. The van der Waals surface area contributed by atoms with Gasteiger partial charge >= 0.3 is 0 Å². The lowest BCUT2D eigenvalue weighted by molar-refractivity contribution is -0.660. The van der Waals surface area contributed by atoms with Crippen molar-refractivity contribution >= 4 is 0 Å². The lowest BCUT2D eigenvalue weighted by Gasteiger charge is -2.08. The Bertz CT molecular complexity index is 568. The molecule has 0 fully saturated rings. The Morgan fingerprint density at radius 2 is 1.72 bits per heavy atom. The summed E-state index contributed by atoms with van der Waals surface area (Å²) in [7, 11) is 2.13. The van der Waals surface area contributed by atoms with Gasteiger partial charge < -0.3 is 0 Å². The van der Waals surface area contributed by atoms with Crippen LogP contribution < -0.4 is 4.57 Å². The molecule has 0 unspecified atom stereocenters. The summed E-state index contributed by atoms with van der Waals surface area (Å²) in [6, 6.07) is 11.1. The Kier molecular flexibility index (Phi) is 3.51. The maximum Gasteiger partial charge on any atom is 0.212 e. The minimum atomic E-state index is 0.573. The third-order valence-electron chi connectivity index (χ3n) is 3.49. The molecule has 0 aliphatic heterocycles. The van der Waals surface area contributed by atoms with E-state index < -0.39 is 0 Å². The monoisotopic (exact) mass is 240 g/mol. The molecule has 0 aliphatic carbocycles. The number of aryl methyl sites for hydroxylation is 3. The van der Waals surface area contributed by atoms with Crippen LogP contribution in [0.4, 0.5) is 0 Å². The first-order valence-electron chi connectivity index (χ1n) is 6.56. The molecule has 0 atom stereocenters.